The maximum atomic E-state index is 12.7. The van der Waals surface area contributed by atoms with Crippen molar-refractivity contribution in [1.82, 2.24) is 0 Å². The van der Waals surface area contributed by atoms with Gasteiger partial charge in [0.25, 0.3) is 11.8 Å². The van der Waals surface area contributed by atoms with E-state index >= 15 is 0 Å². The van der Waals surface area contributed by atoms with Crippen LogP contribution in [0, 0.1) is 0 Å². The number of amides is 2. The number of fused-ring (bicyclic) bond motifs is 1. The molecule has 3 aromatic carbocycles. The second kappa shape index (κ2) is 5.66. The maximum absolute atomic E-state index is 12.7. The van der Waals surface area contributed by atoms with Crippen molar-refractivity contribution >= 4 is 17.5 Å². The first kappa shape index (κ1) is 14.2. The number of benzene rings is 3. The van der Waals surface area contributed by atoms with Gasteiger partial charge in [0.15, 0.2) is 0 Å². The average Bonchev–Trinajstić information content (AvgIpc) is 2.87. The number of ether oxygens (including phenoxy) is 1. The van der Waals surface area contributed by atoms with Crippen LogP contribution in [0.15, 0.2) is 78.9 Å². The minimum Gasteiger partial charge on any atom is -0.457 e. The average molecular weight is 315 g/mol. The molecule has 2 amide bonds. The summed E-state index contributed by atoms with van der Waals surface area (Å²) < 4.78 is 5.75. The highest BCUT2D eigenvalue weighted by Crippen LogP contribution is 2.32. The van der Waals surface area contributed by atoms with Gasteiger partial charge in [-0.05, 0) is 42.5 Å². The minimum absolute atomic E-state index is 0.313. The van der Waals surface area contributed by atoms with Crippen molar-refractivity contribution < 1.29 is 14.3 Å². The molecule has 0 atom stereocenters. The van der Waals surface area contributed by atoms with E-state index in [2.05, 4.69) is 0 Å². The quantitative estimate of drug-likeness (QED) is 0.678. The molecule has 0 fully saturated rings. The van der Waals surface area contributed by atoms with Crippen LogP contribution in [0.3, 0.4) is 0 Å². The summed E-state index contributed by atoms with van der Waals surface area (Å²) in [5, 5.41) is 0. The summed E-state index contributed by atoms with van der Waals surface area (Å²) in [6.07, 6.45) is 0. The van der Waals surface area contributed by atoms with Crippen molar-refractivity contribution in [3.05, 3.63) is 90.0 Å². The number of carbonyl (C=O) groups is 2. The van der Waals surface area contributed by atoms with Crippen LogP contribution in [0.4, 0.5) is 5.69 Å². The van der Waals surface area contributed by atoms with E-state index in [-0.39, 0.29) is 11.8 Å². The van der Waals surface area contributed by atoms with E-state index < -0.39 is 0 Å². The van der Waals surface area contributed by atoms with Crippen molar-refractivity contribution in [2.45, 2.75) is 0 Å². The summed E-state index contributed by atoms with van der Waals surface area (Å²) in [4.78, 5) is 26.4. The van der Waals surface area contributed by atoms with Crippen LogP contribution in [0.5, 0.6) is 11.5 Å². The summed E-state index contributed by atoms with van der Waals surface area (Å²) in [7, 11) is 0. The van der Waals surface area contributed by atoms with E-state index in [1.54, 1.807) is 42.5 Å². The third kappa shape index (κ3) is 2.34. The van der Waals surface area contributed by atoms with E-state index in [0.29, 0.717) is 28.3 Å². The van der Waals surface area contributed by atoms with Crippen molar-refractivity contribution in [2.75, 3.05) is 4.90 Å². The molecule has 0 radical (unpaired) electrons. The fourth-order valence-corrected chi connectivity index (χ4v) is 2.72. The maximum Gasteiger partial charge on any atom is 0.266 e. The Morgan fingerprint density at radius 3 is 1.96 bits per heavy atom. The molecule has 4 nitrogen and oxygen atoms in total. The Labute approximate surface area is 138 Å². The SMILES string of the molecule is O=C1c2ccc(Oc3ccccc3)cc2C(=O)N1c1ccccc1. The van der Waals surface area contributed by atoms with Crippen molar-refractivity contribution in [3.63, 3.8) is 0 Å². The number of hydrogen-bond acceptors (Lipinski definition) is 3. The summed E-state index contributed by atoms with van der Waals surface area (Å²) >= 11 is 0. The first-order chi connectivity index (χ1) is 11.7. The Bertz CT molecular complexity index is 920. The number of imide groups is 1. The first-order valence-electron chi connectivity index (χ1n) is 7.55. The molecule has 0 aromatic heterocycles. The lowest BCUT2D eigenvalue weighted by molar-refractivity contribution is 0.0926. The smallest absolute Gasteiger partial charge is 0.266 e. The molecule has 3 aromatic rings. The van der Waals surface area contributed by atoms with Crippen molar-refractivity contribution in [1.29, 1.82) is 0 Å². The van der Waals surface area contributed by atoms with Crippen LogP contribution in [0.25, 0.3) is 0 Å². The van der Waals surface area contributed by atoms with E-state index in [0.717, 1.165) is 0 Å². The summed E-state index contributed by atoms with van der Waals surface area (Å²) in [5.74, 6) is 0.553. The van der Waals surface area contributed by atoms with Crippen LogP contribution in [-0.2, 0) is 0 Å². The van der Waals surface area contributed by atoms with Gasteiger partial charge in [-0.15, -0.1) is 0 Å². The predicted molar refractivity (Wildman–Crippen MR) is 90.5 cm³/mol. The zero-order valence-corrected chi connectivity index (χ0v) is 12.7. The minimum atomic E-state index is -0.334. The number of carbonyl (C=O) groups excluding carboxylic acids is 2. The lowest BCUT2D eigenvalue weighted by Gasteiger charge is -2.13. The Morgan fingerprint density at radius 2 is 1.25 bits per heavy atom. The Balaban J connectivity index is 1.69. The third-order valence-electron chi connectivity index (χ3n) is 3.85. The normalized spacial score (nSPS) is 13.1. The number of hydrogen-bond donors (Lipinski definition) is 0. The van der Waals surface area contributed by atoms with Gasteiger partial charge < -0.3 is 4.74 Å². The monoisotopic (exact) mass is 315 g/mol. The van der Waals surface area contributed by atoms with Gasteiger partial charge in [-0.3, -0.25) is 9.59 Å². The molecule has 0 unspecified atom stereocenters. The molecule has 0 aliphatic carbocycles. The van der Waals surface area contributed by atoms with Gasteiger partial charge in [-0.25, -0.2) is 4.90 Å². The number of para-hydroxylation sites is 2. The first-order valence-corrected chi connectivity index (χ1v) is 7.55. The predicted octanol–water partition coefficient (Wildman–Crippen LogP) is 4.28. The molecule has 116 valence electrons. The molecular formula is C20H13NO3. The largest absolute Gasteiger partial charge is 0.457 e. The molecule has 4 rings (SSSR count). The van der Waals surface area contributed by atoms with Crippen LogP contribution in [-0.4, -0.2) is 11.8 Å². The summed E-state index contributed by atoms with van der Waals surface area (Å²) in [5.41, 5.74) is 1.32. The highest BCUT2D eigenvalue weighted by molar-refractivity contribution is 6.34. The van der Waals surface area contributed by atoms with Crippen LogP contribution < -0.4 is 9.64 Å². The molecule has 24 heavy (non-hydrogen) atoms. The lowest BCUT2D eigenvalue weighted by Crippen LogP contribution is -2.29. The van der Waals surface area contributed by atoms with Crippen molar-refractivity contribution in [2.24, 2.45) is 0 Å². The van der Waals surface area contributed by atoms with Gasteiger partial charge in [-0.2, -0.15) is 0 Å². The second-order valence-electron chi connectivity index (χ2n) is 5.40. The highest BCUT2D eigenvalue weighted by atomic mass is 16.5. The second-order valence-corrected chi connectivity index (χ2v) is 5.40. The molecular weight excluding hydrogens is 302 g/mol. The van der Waals surface area contributed by atoms with Crippen LogP contribution >= 0.6 is 0 Å². The molecule has 4 heteroatoms. The summed E-state index contributed by atoms with van der Waals surface area (Å²) in [6.45, 7) is 0. The Morgan fingerprint density at radius 1 is 0.625 bits per heavy atom. The highest BCUT2D eigenvalue weighted by Gasteiger charge is 2.36. The van der Waals surface area contributed by atoms with Gasteiger partial charge in [0.05, 0.1) is 16.8 Å². The fraction of sp³-hybridized carbons (Fsp3) is 0. The van der Waals surface area contributed by atoms with Crippen LogP contribution in [0.2, 0.25) is 0 Å². The third-order valence-corrected chi connectivity index (χ3v) is 3.85. The zero-order chi connectivity index (χ0) is 16.5. The van der Waals surface area contributed by atoms with E-state index in [1.807, 2.05) is 36.4 Å². The molecule has 0 saturated carbocycles. The molecule has 1 heterocycles. The van der Waals surface area contributed by atoms with Gasteiger partial charge in [-0.1, -0.05) is 36.4 Å². The number of anilines is 1. The summed E-state index contributed by atoms with van der Waals surface area (Å²) in [6, 6.07) is 23.2. The van der Waals surface area contributed by atoms with Gasteiger partial charge in [0, 0.05) is 0 Å². The van der Waals surface area contributed by atoms with E-state index in [4.69, 9.17) is 4.74 Å². The standard InChI is InChI=1S/C20H13NO3/c22-19-17-12-11-16(24-15-9-5-2-6-10-15)13-18(17)20(23)21(19)14-7-3-1-4-8-14/h1-13H. The van der Waals surface area contributed by atoms with Gasteiger partial charge >= 0.3 is 0 Å². The molecule has 0 N–H and O–H groups in total. The van der Waals surface area contributed by atoms with E-state index in [9.17, 15) is 9.59 Å². The Kier molecular flexibility index (Phi) is 3.35. The lowest BCUT2D eigenvalue weighted by atomic mass is 10.1. The topological polar surface area (TPSA) is 46.6 Å². The fourth-order valence-electron chi connectivity index (χ4n) is 2.72. The zero-order valence-electron chi connectivity index (χ0n) is 12.7. The molecule has 0 saturated heterocycles. The molecule has 0 spiro atoms. The molecule has 1 aliphatic rings. The van der Waals surface area contributed by atoms with Gasteiger partial charge in [0.1, 0.15) is 11.5 Å². The number of rotatable bonds is 3. The molecule has 1 aliphatic heterocycles. The van der Waals surface area contributed by atoms with E-state index in [1.165, 1.54) is 4.90 Å². The van der Waals surface area contributed by atoms with Gasteiger partial charge in [0.2, 0.25) is 0 Å². The van der Waals surface area contributed by atoms with Crippen LogP contribution in [0.1, 0.15) is 20.7 Å². The van der Waals surface area contributed by atoms with Crippen molar-refractivity contribution in [3.8, 4) is 11.5 Å². The number of nitrogens with zero attached hydrogens (tertiary/aromatic N) is 1. The Hall–Kier alpha value is -3.40. The molecule has 0 bridgehead atoms.